The van der Waals surface area contributed by atoms with Gasteiger partial charge in [-0.15, -0.1) is 10.2 Å². The van der Waals surface area contributed by atoms with Crippen LogP contribution in [0.4, 0.5) is 5.82 Å². The number of nitrogens with one attached hydrogen (secondary N) is 2. The van der Waals surface area contributed by atoms with Crippen LogP contribution in [0.1, 0.15) is 30.4 Å². The van der Waals surface area contributed by atoms with Crippen LogP contribution >= 0.6 is 0 Å². The molecule has 0 saturated heterocycles. The summed E-state index contributed by atoms with van der Waals surface area (Å²) in [5, 5.41) is 17.5. The van der Waals surface area contributed by atoms with E-state index in [-0.39, 0.29) is 0 Å². The van der Waals surface area contributed by atoms with Crippen LogP contribution in [-0.2, 0) is 13.6 Å². The average molecular weight is 349 g/mol. The molecule has 0 atom stereocenters. The third kappa shape index (κ3) is 2.52. The van der Waals surface area contributed by atoms with Crippen molar-refractivity contribution in [3.63, 3.8) is 0 Å². The zero-order valence-corrected chi connectivity index (χ0v) is 14.4. The van der Waals surface area contributed by atoms with Crippen molar-refractivity contribution in [3.05, 3.63) is 48.7 Å². The summed E-state index contributed by atoms with van der Waals surface area (Å²) in [4.78, 5) is 11.7. The van der Waals surface area contributed by atoms with E-state index >= 15 is 0 Å². The first-order valence-corrected chi connectivity index (χ1v) is 8.68. The fourth-order valence-electron chi connectivity index (χ4n) is 3.53. The van der Waals surface area contributed by atoms with Gasteiger partial charge < -0.3 is 14.9 Å². The van der Waals surface area contributed by atoms with E-state index in [9.17, 15) is 0 Å². The molecular formula is C17H19N9. The van der Waals surface area contributed by atoms with Crippen molar-refractivity contribution < 1.29 is 0 Å². The molecule has 1 fully saturated rings. The molecule has 4 aromatic rings. The summed E-state index contributed by atoms with van der Waals surface area (Å²) < 4.78 is 3.95. The van der Waals surface area contributed by atoms with Gasteiger partial charge in [0.25, 0.3) is 0 Å². The molecule has 1 aliphatic carbocycles. The normalized spacial score (nSPS) is 19.6. The van der Waals surface area contributed by atoms with E-state index in [1.165, 1.54) is 0 Å². The summed E-state index contributed by atoms with van der Waals surface area (Å²) in [6, 6.07) is 4.30. The summed E-state index contributed by atoms with van der Waals surface area (Å²) in [5.74, 6) is 3.27. The molecule has 0 spiro atoms. The predicted molar refractivity (Wildman–Crippen MR) is 95.6 cm³/mol. The van der Waals surface area contributed by atoms with Gasteiger partial charge in [0.2, 0.25) is 0 Å². The van der Waals surface area contributed by atoms with Gasteiger partial charge in [-0.3, -0.25) is 4.68 Å². The molecule has 4 aromatic heterocycles. The minimum atomic E-state index is 0.388. The lowest BCUT2D eigenvalue weighted by Gasteiger charge is -2.35. The van der Waals surface area contributed by atoms with E-state index in [1.807, 2.05) is 36.3 Å². The highest BCUT2D eigenvalue weighted by molar-refractivity contribution is 5.86. The van der Waals surface area contributed by atoms with Crippen molar-refractivity contribution in [2.75, 3.05) is 5.32 Å². The highest BCUT2D eigenvalue weighted by Gasteiger charge is 2.34. The van der Waals surface area contributed by atoms with Crippen LogP contribution in [0.15, 0.2) is 37.1 Å². The molecule has 26 heavy (non-hydrogen) atoms. The predicted octanol–water partition coefficient (Wildman–Crippen LogP) is 1.69. The van der Waals surface area contributed by atoms with Gasteiger partial charge in [0, 0.05) is 37.6 Å². The van der Waals surface area contributed by atoms with Crippen molar-refractivity contribution in [3.8, 4) is 0 Å². The molecule has 9 heteroatoms. The van der Waals surface area contributed by atoms with E-state index in [1.54, 1.807) is 12.5 Å². The summed E-state index contributed by atoms with van der Waals surface area (Å²) in [7, 11) is 2.03. The van der Waals surface area contributed by atoms with Gasteiger partial charge in [-0.05, 0) is 25.0 Å². The Hall–Kier alpha value is -3.23. The second-order valence-electron chi connectivity index (χ2n) is 6.71. The molecular weight excluding hydrogens is 330 g/mol. The Morgan fingerprint density at radius 1 is 1.27 bits per heavy atom. The molecule has 132 valence electrons. The summed E-state index contributed by atoms with van der Waals surface area (Å²) in [5.41, 5.74) is 0.856. The van der Waals surface area contributed by atoms with Crippen LogP contribution in [0.2, 0.25) is 0 Å². The first-order valence-electron chi connectivity index (χ1n) is 8.68. The number of fused-ring (bicyclic) bond motifs is 1. The summed E-state index contributed by atoms with van der Waals surface area (Å²) in [6.07, 6.45) is 9.21. The zero-order valence-electron chi connectivity index (χ0n) is 14.4. The van der Waals surface area contributed by atoms with E-state index < -0.39 is 0 Å². The number of rotatable bonds is 5. The molecule has 1 saturated carbocycles. The van der Waals surface area contributed by atoms with Crippen molar-refractivity contribution in [2.24, 2.45) is 7.05 Å². The molecule has 0 bridgehead atoms. The fourth-order valence-corrected chi connectivity index (χ4v) is 3.53. The fraction of sp³-hybridized carbons (Fsp3) is 0.353. The van der Waals surface area contributed by atoms with Gasteiger partial charge in [0.05, 0.1) is 5.39 Å². The largest absolute Gasteiger partial charge is 0.367 e. The highest BCUT2D eigenvalue weighted by atomic mass is 15.3. The van der Waals surface area contributed by atoms with Crippen molar-refractivity contribution in [1.82, 2.24) is 39.5 Å². The molecule has 0 aliphatic heterocycles. The Bertz CT molecular complexity index is 1020. The number of hydrogen-bond donors (Lipinski definition) is 2. The van der Waals surface area contributed by atoms with Crippen molar-refractivity contribution in [2.45, 2.75) is 31.3 Å². The van der Waals surface area contributed by atoms with E-state index in [0.29, 0.717) is 18.5 Å². The number of nitrogens with zero attached hydrogens (tertiary/aromatic N) is 7. The first-order chi connectivity index (χ1) is 12.8. The summed E-state index contributed by atoms with van der Waals surface area (Å²) >= 11 is 0. The minimum absolute atomic E-state index is 0.388. The van der Waals surface area contributed by atoms with Crippen LogP contribution in [-0.4, -0.2) is 45.5 Å². The standard InChI is InChI=1S/C17H19N9/c1-25-14(9-26-6-2-4-21-26)23-24-17(25)11-7-12(8-11)22-16-13-3-5-18-15(13)19-10-20-16/h2-6,10-12H,7-9H2,1H3,(H2,18,19,20,22). The van der Waals surface area contributed by atoms with E-state index in [2.05, 4.69) is 40.1 Å². The van der Waals surface area contributed by atoms with E-state index in [4.69, 9.17) is 0 Å². The summed E-state index contributed by atoms with van der Waals surface area (Å²) in [6.45, 7) is 0.636. The van der Waals surface area contributed by atoms with Crippen LogP contribution in [0.3, 0.4) is 0 Å². The van der Waals surface area contributed by atoms with Crippen molar-refractivity contribution >= 4 is 16.9 Å². The third-order valence-corrected chi connectivity index (χ3v) is 5.06. The first kappa shape index (κ1) is 15.1. The van der Waals surface area contributed by atoms with Gasteiger partial charge in [-0.25, -0.2) is 9.97 Å². The SMILES string of the molecule is Cn1c(Cn2cccn2)nnc1C1CC(Nc2ncnc3[nH]ccc23)C1. The molecule has 0 amide bonds. The topological polar surface area (TPSA) is 102 Å². The van der Waals surface area contributed by atoms with Gasteiger partial charge >= 0.3 is 0 Å². The lowest BCUT2D eigenvalue weighted by Crippen LogP contribution is -2.35. The molecule has 1 aliphatic rings. The number of aromatic nitrogens is 8. The Balaban J connectivity index is 1.26. The third-order valence-electron chi connectivity index (χ3n) is 5.06. The minimum Gasteiger partial charge on any atom is -0.367 e. The van der Waals surface area contributed by atoms with E-state index in [0.717, 1.165) is 41.3 Å². The molecule has 0 unspecified atom stereocenters. The molecule has 0 radical (unpaired) electrons. The average Bonchev–Trinajstić information content (AvgIpc) is 3.34. The van der Waals surface area contributed by atoms with Crippen LogP contribution in [0.25, 0.3) is 11.0 Å². The highest BCUT2D eigenvalue weighted by Crippen LogP contribution is 2.38. The molecule has 0 aromatic carbocycles. The van der Waals surface area contributed by atoms with Gasteiger partial charge in [0.15, 0.2) is 5.82 Å². The Morgan fingerprint density at radius 3 is 3.04 bits per heavy atom. The van der Waals surface area contributed by atoms with Gasteiger partial charge in [-0.1, -0.05) is 0 Å². The lowest BCUT2D eigenvalue weighted by molar-refractivity contribution is 0.351. The maximum atomic E-state index is 4.41. The number of aromatic amines is 1. The second kappa shape index (κ2) is 5.94. The number of hydrogen-bond acceptors (Lipinski definition) is 6. The molecule has 4 heterocycles. The Kier molecular flexibility index (Phi) is 3.44. The molecule has 9 nitrogen and oxygen atoms in total. The lowest BCUT2D eigenvalue weighted by atomic mass is 9.79. The second-order valence-corrected chi connectivity index (χ2v) is 6.71. The quantitative estimate of drug-likeness (QED) is 0.568. The van der Waals surface area contributed by atoms with Crippen LogP contribution in [0.5, 0.6) is 0 Å². The zero-order chi connectivity index (χ0) is 17.5. The smallest absolute Gasteiger partial charge is 0.154 e. The van der Waals surface area contributed by atoms with Crippen molar-refractivity contribution in [1.29, 1.82) is 0 Å². The molecule has 2 N–H and O–H groups in total. The van der Waals surface area contributed by atoms with Gasteiger partial charge in [-0.2, -0.15) is 5.10 Å². The van der Waals surface area contributed by atoms with Crippen LogP contribution in [0, 0.1) is 0 Å². The maximum absolute atomic E-state index is 4.41. The van der Waals surface area contributed by atoms with Gasteiger partial charge in [0.1, 0.15) is 30.2 Å². The van der Waals surface area contributed by atoms with Crippen LogP contribution < -0.4 is 5.32 Å². The molecule has 5 rings (SSSR count). The Morgan fingerprint density at radius 2 is 2.19 bits per heavy atom. The Labute approximate surface area is 149 Å². The number of H-pyrrole nitrogens is 1. The maximum Gasteiger partial charge on any atom is 0.154 e. The number of anilines is 1. The monoisotopic (exact) mass is 349 g/mol.